The van der Waals surface area contributed by atoms with Gasteiger partial charge in [0.25, 0.3) is 0 Å². The lowest BCUT2D eigenvalue weighted by Crippen LogP contribution is -2.27. The maximum absolute atomic E-state index is 12.8. The number of amides is 1. The Morgan fingerprint density at radius 3 is 2.44 bits per heavy atom. The van der Waals surface area contributed by atoms with Crippen LogP contribution in [0.15, 0.2) is 36.4 Å². The first-order chi connectivity index (χ1) is 19.3. The van der Waals surface area contributed by atoms with E-state index in [1.54, 1.807) is 45.0 Å². The van der Waals surface area contributed by atoms with E-state index >= 15 is 0 Å². The minimum absolute atomic E-state index is 0.198. The van der Waals surface area contributed by atoms with Gasteiger partial charge in [0.1, 0.15) is 21.7 Å². The number of benzene rings is 2. The quantitative estimate of drug-likeness (QED) is 0.0971. The Labute approximate surface area is 256 Å². The fourth-order valence-corrected chi connectivity index (χ4v) is 5.10. The van der Waals surface area contributed by atoms with E-state index < -0.39 is 15.7 Å². The number of carbonyl (C=O) groups is 2. The first kappa shape index (κ1) is 32.2. The van der Waals surface area contributed by atoms with Crippen LogP contribution >= 0.6 is 22.6 Å². The van der Waals surface area contributed by atoms with Gasteiger partial charge in [-0.3, -0.25) is 4.79 Å². The van der Waals surface area contributed by atoms with Gasteiger partial charge in [-0.2, -0.15) is 0 Å². The molecule has 1 unspecified atom stereocenters. The predicted octanol–water partition coefficient (Wildman–Crippen LogP) is 7.86. The summed E-state index contributed by atoms with van der Waals surface area (Å²) in [5, 5.41) is 23.9. The average molecular weight is 672 g/mol. The standard InChI is InChI=1S/C33H38INO6/c1-7-8-10-15-24-18-25(16-17-26(24)37)27-21(3)30(40-19-23-13-11-9-12-14-23)29(35-22(4)36)20(2)28(27)31(32(38)39)41-33(5,6)34/h11,13-14,16-18,31,37H,7-8,10,15,19H2,1-6H3,(H,35,36)(H,38,39). The molecule has 41 heavy (non-hydrogen) atoms. The van der Waals surface area contributed by atoms with Crippen molar-refractivity contribution < 1.29 is 29.3 Å². The number of halogens is 1. The number of carboxylic acid groups (broad SMARTS) is 1. The molecule has 218 valence electrons. The lowest BCUT2D eigenvalue weighted by Gasteiger charge is -2.30. The summed E-state index contributed by atoms with van der Waals surface area (Å²) in [6.45, 7) is 10.9. The molecule has 3 aromatic rings. The molecule has 0 aliphatic carbocycles. The van der Waals surface area contributed by atoms with Crippen LogP contribution in [0, 0.1) is 26.0 Å². The summed E-state index contributed by atoms with van der Waals surface area (Å²) >= 11 is 2.06. The Bertz CT molecular complexity index is 1380. The van der Waals surface area contributed by atoms with Crippen molar-refractivity contribution in [3.05, 3.63) is 76.3 Å². The Morgan fingerprint density at radius 1 is 1.12 bits per heavy atom. The number of anilines is 1. The lowest BCUT2D eigenvalue weighted by atomic mass is 9.85. The molecule has 3 aromatic carbocycles. The lowest BCUT2D eigenvalue weighted by molar-refractivity contribution is -0.154. The summed E-state index contributed by atoms with van der Waals surface area (Å²) in [5.74, 6) is -0.839. The number of aromatic hydroxyl groups is 1. The molecular weight excluding hydrogens is 633 g/mol. The fraction of sp³-hybridized carbons (Fsp3) is 0.394. The molecule has 0 aliphatic heterocycles. The number of phenolic OH excluding ortho intramolecular Hbond substituents is 1. The van der Waals surface area contributed by atoms with Crippen LogP contribution in [0.3, 0.4) is 0 Å². The minimum atomic E-state index is -1.34. The summed E-state index contributed by atoms with van der Waals surface area (Å²) in [5.41, 5.74) is 4.99. The van der Waals surface area contributed by atoms with E-state index in [1.165, 1.54) is 6.92 Å². The number of aliphatic carboxylic acids is 1. The molecule has 0 bridgehead atoms. The number of ether oxygens (including phenoxy) is 2. The molecule has 1 atom stereocenters. The summed E-state index contributed by atoms with van der Waals surface area (Å²) in [7, 11) is 0. The number of hydrogen-bond donors (Lipinski definition) is 3. The second kappa shape index (κ2) is 14.1. The number of nitrogens with one attached hydrogen (secondary N) is 1. The molecule has 3 rings (SSSR count). The minimum Gasteiger partial charge on any atom is -0.508 e. The van der Waals surface area contributed by atoms with Gasteiger partial charge in [-0.05, 0) is 121 Å². The molecule has 0 saturated carbocycles. The normalized spacial score (nSPS) is 12.0. The first-order valence-electron chi connectivity index (χ1n) is 13.7. The number of carbonyl (C=O) groups excluding carboxylic acids is 1. The average Bonchev–Trinajstić information content (AvgIpc) is 2.90. The number of carboxylic acids is 1. The highest BCUT2D eigenvalue weighted by molar-refractivity contribution is 14.1. The monoisotopic (exact) mass is 671 g/mol. The highest BCUT2D eigenvalue weighted by Crippen LogP contribution is 2.47. The van der Waals surface area contributed by atoms with E-state index in [-0.39, 0.29) is 18.3 Å². The van der Waals surface area contributed by atoms with Crippen LogP contribution in [-0.2, 0) is 27.4 Å². The number of hydrogen-bond acceptors (Lipinski definition) is 5. The molecule has 0 aromatic heterocycles. The first-order valence-corrected chi connectivity index (χ1v) is 14.8. The topological polar surface area (TPSA) is 105 Å². The van der Waals surface area contributed by atoms with Crippen molar-refractivity contribution in [2.45, 2.75) is 83.5 Å². The van der Waals surface area contributed by atoms with Crippen LogP contribution in [0.2, 0.25) is 0 Å². The predicted molar refractivity (Wildman–Crippen MR) is 169 cm³/mol. The van der Waals surface area contributed by atoms with Gasteiger partial charge in [0.05, 0.1) is 5.69 Å². The highest BCUT2D eigenvalue weighted by Gasteiger charge is 2.35. The van der Waals surface area contributed by atoms with Crippen molar-refractivity contribution in [1.82, 2.24) is 0 Å². The van der Waals surface area contributed by atoms with Crippen LogP contribution < -0.4 is 10.1 Å². The van der Waals surface area contributed by atoms with Gasteiger partial charge in [0, 0.05) is 18.1 Å². The molecule has 0 saturated heterocycles. The molecule has 0 aliphatic rings. The second-order valence-electron chi connectivity index (χ2n) is 10.6. The van der Waals surface area contributed by atoms with Crippen molar-refractivity contribution in [3.63, 3.8) is 0 Å². The zero-order valence-electron chi connectivity index (χ0n) is 24.5. The molecule has 8 heteroatoms. The van der Waals surface area contributed by atoms with E-state index in [9.17, 15) is 19.8 Å². The zero-order valence-corrected chi connectivity index (χ0v) is 26.6. The van der Waals surface area contributed by atoms with E-state index in [0.717, 1.165) is 36.0 Å². The summed E-state index contributed by atoms with van der Waals surface area (Å²) in [6, 6.07) is 16.5. The van der Waals surface area contributed by atoms with Crippen molar-refractivity contribution in [2.24, 2.45) is 0 Å². The third-order valence-corrected chi connectivity index (χ3v) is 6.95. The second-order valence-corrected chi connectivity index (χ2v) is 13.2. The van der Waals surface area contributed by atoms with Gasteiger partial charge in [-0.1, -0.05) is 38.0 Å². The molecule has 0 radical (unpaired) electrons. The third-order valence-electron chi connectivity index (χ3n) is 6.70. The molecule has 0 spiro atoms. The van der Waals surface area contributed by atoms with Gasteiger partial charge >= 0.3 is 5.97 Å². The van der Waals surface area contributed by atoms with Gasteiger partial charge in [0.15, 0.2) is 6.10 Å². The molecule has 1 amide bonds. The van der Waals surface area contributed by atoms with Gasteiger partial charge in [-0.25, -0.2) is 4.79 Å². The molecule has 3 N–H and O–H groups in total. The highest BCUT2D eigenvalue weighted by atomic mass is 127. The third kappa shape index (κ3) is 8.37. The van der Waals surface area contributed by atoms with E-state index in [2.05, 4.69) is 47.0 Å². The summed E-state index contributed by atoms with van der Waals surface area (Å²) in [6.07, 6.45) is 2.35. The Balaban J connectivity index is 2.35. The molecule has 7 nitrogen and oxygen atoms in total. The number of phenols is 1. The summed E-state index contributed by atoms with van der Waals surface area (Å²) in [4.78, 5) is 25.1. The molecule has 0 heterocycles. The zero-order chi connectivity index (χ0) is 30.3. The smallest absolute Gasteiger partial charge is 0.337 e. The van der Waals surface area contributed by atoms with Crippen LogP contribution in [0.5, 0.6) is 11.5 Å². The Kier molecular flexibility index (Phi) is 11.0. The number of aryl methyl sites for hydroxylation is 1. The largest absolute Gasteiger partial charge is 0.508 e. The van der Waals surface area contributed by atoms with Crippen molar-refractivity contribution in [2.75, 3.05) is 5.32 Å². The van der Waals surface area contributed by atoms with E-state index in [0.29, 0.717) is 40.1 Å². The molecule has 0 fully saturated rings. The maximum Gasteiger partial charge on any atom is 0.337 e. The van der Waals surface area contributed by atoms with Gasteiger partial charge in [0.2, 0.25) is 5.91 Å². The number of alkyl halides is 1. The van der Waals surface area contributed by atoms with Crippen LogP contribution in [-0.4, -0.2) is 25.7 Å². The van der Waals surface area contributed by atoms with Crippen molar-refractivity contribution in [3.8, 4) is 22.6 Å². The van der Waals surface area contributed by atoms with Crippen molar-refractivity contribution in [1.29, 1.82) is 0 Å². The Hall–Kier alpha value is -3.29. The van der Waals surface area contributed by atoms with Gasteiger partial charge in [-0.15, -0.1) is 0 Å². The van der Waals surface area contributed by atoms with E-state index in [1.807, 2.05) is 19.1 Å². The van der Waals surface area contributed by atoms with E-state index in [4.69, 9.17) is 9.47 Å². The number of rotatable bonds is 13. The SMILES string of the molecule is CCCCCc1cc(-c2c(C)c(OCc3cc#ccc3)c(NC(C)=O)c(C)c2C(OC(C)(C)I)C(=O)O)ccc1O. The van der Waals surface area contributed by atoms with Crippen LogP contribution in [0.4, 0.5) is 5.69 Å². The van der Waals surface area contributed by atoms with Gasteiger partial charge < -0.3 is 25.0 Å². The molecular formula is C33H38INO6. The summed E-state index contributed by atoms with van der Waals surface area (Å²) < 4.78 is 11.7. The number of unbranched alkanes of at least 4 members (excludes halogenated alkanes) is 2. The van der Waals surface area contributed by atoms with Crippen LogP contribution in [0.25, 0.3) is 11.1 Å². The fourth-order valence-electron chi connectivity index (χ4n) is 4.85. The van der Waals surface area contributed by atoms with Crippen LogP contribution in [0.1, 0.15) is 80.9 Å². The maximum atomic E-state index is 12.8. The van der Waals surface area contributed by atoms with Crippen molar-refractivity contribution >= 4 is 40.2 Å². The Morgan fingerprint density at radius 2 is 1.85 bits per heavy atom.